The number of aliphatic hydroxyl groups is 1. The Balaban J connectivity index is 4.33. The molecule has 4 nitrogen and oxygen atoms in total. The van der Waals surface area contributed by atoms with Gasteiger partial charge in [0.25, 0.3) is 0 Å². The van der Waals surface area contributed by atoms with Crippen LogP contribution in [0.2, 0.25) is 0 Å². The van der Waals surface area contributed by atoms with E-state index >= 15 is 0 Å². The van der Waals surface area contributed by atoms with E-state index in [9.17, 15) is 9.59 Å². The van der Waals surface area contributed by atoms with Crippen molar-refractivity contribution in [2.24, 2.45) is 5.41 Å². The molecule has 0 aromatic heterocycles. The number of carbonyl (C=O) groups is 2. The molecule has 0 radical (unpaired) electrons. The standard InChI is InChI=1S/C6H10O4/c1-6(2,3-7)4(8)5(9)10/h7H,3H2,1-2H3,(H,9,10). The minimum absolute atomic E-state index is 0.446. The topological polar surface area (TPSA) is 74.6 Å². The summed E-state index contributed by atoms with van der Waals surface area (Å²) in [7, 11) is 0. The van der Waals surface area contributed by atoms with Gasteiger partial charge >= 0.3 is 5.97 Å². The smallest absolute Gasteiger partial charge is 0.372 e. The molecule has 0 aliphatic rings. The first-order valence-electron chi connectivity index (χ1n) is 2.80. The Morgan fingerprint density at radius 3 is 1.90 bits per heavy atom. The van der Waals surface area contributed by atoms with Gasteiger partial charge in [0.15, 0.2) is 0 Å². The second-order valence-corrected chi connectivity index (χ2v) is 2.68. The lowest BCUT2D eigenvalue weighted by Crippen LogP contribution is -2.34. The highest BCUT2D eigenvalue weighted by molar-refractivity contribution is 6.34. The van der Waals surface area contributed by atoms with Gasteiger partial charge in [0.1, 0.15) is 0 Å². The van der Waals surface area contributed by atoms with Gasteiger partial charge in [0.05, 0.1) is 12.0 Å². The molecule has 0 amide bonds. The van der Waals surface area contributed by atoms with Crippen molar-refractivity contribution in [3.05, 3.63) is 0 Å². The first-order chi connectivity index (χ1) is 4.41. The van der Waals surface area contributed by atoms with Gasteiger partial charge in [-0.2, -0.15) is 0 Å². The van der Waals surface area contributed by atoms with Gasteiger partial charge in [0.2, 0.25) is 5.78 Å². The molecule has 0 aromatic carbocycles. The van der Waals surface area contributed by atoms with E-state index < -0.39 is 23.8 Å². The molecule has 58 valence electrons. The molecule has 4 heteroatoms. The summed E-state index contributed by atoms with van der Waals surface area (Å²) in [6.07, 6.45) is 0. The molecule has 0 spiro atoms. The van der Waals surface area contributed by atoms with Gasteiger partial charge < -0.3 is 10.2 Å². The Kier molecular flexibility index (Phi) is 2.54. The average Bonchev–Trinajstić information content (AvgIpc) is 1.86. The third-order valence-corrected chi connectivity index (χ3v) is 1.20. The maximum absolute atomic E-state index is 10.6. The van der Waals surface area contributed by atoms with Crippen LogP contribution in [0.25, 0.3) is 0 Å². The van der Waals surface area contributed by atoms with Gasteiger partial charge in [0, 0.05) is 0 Å². The van der Waals surface area contributed by atoms with E-state index in [2.05, 4.69) is 0 Å². The Morgan fingerprint density at radius 1 is 1.40 bits per heavy atom. The highest BCUT2D eigenvalue weighted by Crippen LogP contribution is 2.14. The number of hydrogen-bond donors (Lipinski definition) is 2. The molecule has 0 unspecified atom stereocenters. The number of ketones is 1. The lowest BCUT2D eigenvalue weighted by molar-refractivity contribution is -0.154. The molecule has 0 fully saturated rings. The van der Waals surface area contributed by atoms with Gasteiger partial charge in [-0.1, -0.05) is 13.8 Å². The zero-order valence-electron chi connectivity index (χ0n) is 5.92. The van der Waals surface area contributed by atoms with Gasteiger partial charge in [-0.05, 0) is 0 Å². The highest BCUT2D eigenvalue weighted by Gasteiger charge is 2.31. The number of carbonyl (C=O) groups excluding carboxylic acids is 1. The van der Waals surface area contributed by atoms with Gasteiger partial charge in [-0.3, -0.25) is 4.79 Å². The third-order valence-electron chi connectivity index (χ3n) is 1.20. The SMILES string of the molecule is CC(C)(CO)C(=O)C(=O)O. The molecule has 0 aliphatic heterocycles. The number of carboxylic acids is 1. The molecule has 0 saturated heterocycles. The van der Waals surface area contributed by atoms with Crippen LogP contribution in [-0.2, 0) is 9.59 Å². The second kappa shape index (κ2) is 2.79. The van der Waals surface area contributed by atoms with Crippen molar-refractivity contribution >= 4 is 11.8 Å². The molecule has 2 N–H and O–H groups in total. The quantitative estimate of drug-likeness (QED) is 0.534. The third kappa shape index (κ3) is 1.80. The summed E-state index contributed by atoms with van der Waals surface area (Å²) in [6.45, 7) is 2.31. The molecule has 0 heterocycles. The molecule has 0 atom stereocenters. The summed E-state index contributed by atoms with van der Waals surface area (Å²) in [4.78, 5) is 20.7. The molecule has 0 aliphatic carbocycles. The summed E-state index contributed by atoms with van der Waals surface area (Å²) >= 11 is 0. The predicted octanol–water partition coefficient (Wildman–Crippen LogP) is -0.341. The molecule has 0 aromatic rings. The Labute approximate surface area is 58.5 Å². The van der Waals surface area contributed by atoms with Crippen LogP contribution in [0.15, 0.2) is 0 Å². The summed E-state index contributed by atoms with van der Waals surface area (Å²) in [5.41, 5.74) is -1.16. The normalized spacial score (nSPS) is 11.1. The molecule has 0 bridgehead atoms. The fourth-order valence-corrected chi connectivity index (χ4v) is 0.361. The van der Waals surface area contributed by atoms with Crippen molar-refractivity contribution in [2.45, 2.75) is 13.8 Å². The van der Waals surface area contributed by atoms with E-state index in [0.29, 0.717) is 0 Å². The van der Waals surface area contributed by atoms with Crippen LogP contribution in [0.1, 0.15) is 13.8 Å². The van der Waals surface area contributed by atoms with Crippen LogP contribution >= 0.6 is 0 Å². The number of carboxylic acid groups (broad SMARTS) is 1. The van der Waals surface area contributed by atoms with E-state index in [1.165, 1.54) is 13.8 Å². The molecule has 0 saturated carbocycles. The maximum atomic E-state index is 10.6. The number of hydrogen-bond acceptors (Lipinski definition) is 3. The van der Waals surface area contributed by atoms with E-state index in [0.717, 1.165) is 0 Å². The predicted molar refractivity (Wildman–Crippen MR) is 33.5 cm³/mol. The number of rotatable bonds is 3. The zero-order chi connectivity index (χ0) is 8.36. The fraction of sp³-hybridized carbons (Fsp3) is 0.667. The molecule has 10 heavy (non-hydrogen) atoms. The average molecular weight is 146 g/mol. The number of Topliss-reactive ketones (excluding diaryl/α,β-unsaturated/α-hetero) is 1. The summed E-state index contributed by atoms with van der Waals surface area (Å²) in [6, 6.07) is 0. The summed E-state index contributed by atoms with van der Waals surface area (Å²) in [5, 5.41) is 16.7. The fourth-order valence-electron chi connectivity index (χ4n) is 0.361. The highest BCUT2D eigenvalue weighted by atomic mass is 16.4. The van der Waals surface area contributed by atoms with E-state index in [-0.39, 0.29) is 0 Å². The van der Waals surface area contributed by atoms with Crippen LogP contribution in [-0.4, -0.2) is 28.6 Å². The van der Waals surface area contributed by atoms with Crippen molar-refractivity contribution < 1.29 is 19.8 Å². The minimum atomic E-state index is -1.50. The van der Waals surface area contributed by atoms with Crippen LogP contribution in [0, 0.1) is 5.41 Å². The second-order valence-electron chi connectivity index (χ2n) is 2.68. The molecular formula is C6H10O4. The van der Waals surface area contributed by atoms with Crippen molar-refractivity contribution in [1.82, 2.24) is 0 Å². The Hall–Kier alpha value is -0.900. The first kappa shape index (κ1) is 9.10. The number of aliphatic carboxylic acids is 1. The maximum Gasteiger partial charge on any atom is 0.372 e. The van der Waals surface area contributed by atoms with E-state index in [1.54, 1.807) is 0 Å². The van der Waals surface area contributed by atoms with Crippen molar-refractivity contribution in [3.63, 3.8) is 0 Å². The van der Waals surface area contributed by atoms with Crippen LogP contribution in [0.4, 0.5) is 0 Å². The number of aliphatic hydroxyl groups excluding tert-OH is 1. The Bertz CT molecular complexity index is 159. The molecule has 0 rings (SSSR count). The minimum Gasteiger partial charge on any atom is -0.475 e. The van der Waals surface area contributed by atoms with Crippen LogP contribution in [0.3, 0.4) is 0 Å². The van der Waals surface area contributed by atoms with Crippen molar-refractivity contribution in [1.29, 1.82) is 0 Å². The Morgan fingerprint density at radius 2 is 1.80 bits per heavy atom. The largest absolute Gasteiger partial charge is 0.475 e. The summed E-state index contributed by atoms with van der Waals surface area (Å²) in [5.74, 6) is -2.46. The van der Waals surface area contributed by atoms with Crippen molar-refractivity contribution in [2.75, 3.05) is 6.61 Å². The summed E-state index contributed by atoms with van der Waals surface area (Å²) < 4.78 is 0. The zero-order valence-corrected chi connectivity index (χ0v) is 5.92. The van der Waals surface area contributed by atoms with Gasteiger partial charge in [-0.25, -0.2) is 4.79 Å². The lowest BCUT2D eigenvalue weighted by atomic mass is 9.89. The molecular weight excluding hydrogens is 136 g/mol. The first-order valence-corrected chi connectivity index (χ1v) is 2.80. The lowest BCUT2D eigenvalue weighted by Gasteiger charge is -2.15. The van der Waals surface area contributed by atoms with Crippen molar-refractivity contribution in [3.8, 4) is 0 Å². The van der Waals surface area contributed by atoms with Crippen LogP contribution < -0.4 is 0 Å². The van der Waals surface area contributed by atoms with E-state index in [1.807, 2.05) is 0 Å². The van der Waals surface area contributed by atoms with Crippen LogP contribution in [0.5, 0.6) is 0 Å². The monoisotopic (exact) mass is 146 g/mol. The van der Waals surface area contributed by atoms with E-state index in [4.69, 9.17) is 10.2 Å². The van der Waals surface area contributed by atoms with Gasteiger partial charge in [-0.15, -0.1) is 0 Å².